The molecule has 3 aromatic rings. The van der Waals surface area contributed by atoms with Gasteiger partial charge in [-0.05, 0) is 54.1 Å². The van der Waals surface area contributed by atoms with E-state index in [1.54, 1.807) is 66.7 Å². The average molecular weight is 466 g/mol. The van der Waals surface area contributed by atoms with Crippen molar-refractivity contribution in [3.05, 3.63) is 82.9 Å². The minimum absolute atomic E-state index is 0.151. The average Bonchev–Trinajstić information content (AvgIpc) is 3.31. The zero-order valence-electron chi connectivity index (χ0n) is 17.7. The van der Waals surface area contributed by atoms with Crippen LogP contribution in [0.2, 0.25) is 5.02 Å². The number of fused-ring (bicyclic) bond motifs is 1. The van der Waals surface area contributed by atoms with E-state index in [9.17, 15) is 9.59 Å². The Morgan fingerprint density at radius 2 is 1.85 bits per heavy atom. The lowest BCUT2D eigenvalue weighted by molar-refractivity contribution is -0.118. The molecule has 1 aliphatic rings. The van der Waals surface area contributed by atoms with Crippen LogP contribution in [0.15, 0.2) is 66.7 Å². The summed E-state index contributed by atoms with van der Waals surface area (Å²) >= 11 is 6.05. The molecule has 168 valence electrons. The van der Waals surface area contributed by atoms with E-state index in [0.717, 1.165) is 5.56 Å². The Hall–Kier alpha value is -3.97. The minimum atomic E-state index is -0.358. The molecule has 1 aliphatic heterocycles. The number of methoxy groups -OCH3 is 1. The molecule has 8 heteroatoms. The first kappa shape index (κ1) is 22.2. The Kier molecular flexibility index (Phi) is 6.80. The summed E-state index contributed by atoms with van der Waals surface area (Å²) in [4.78, 5) is 24.7. The zero-order valence-corrected chi connectivity index (χ0v) is 18.4. The molecule has 0 saturated heterocycles. The van der Waals surface area contributed by atoms with E-state index >= 15 is 0 Å². The number of ether oxygens (including phenoxy) is 4. The van der Waals surface area contributed by atoms with E-state index < -0.39 is 0 Å². The van der Waals surface area contributed by atoms with Gasteiger partial charge in [0.25, 0.3) is 5.91 Å². The molecule has 0 atom stereocenters. The van der Waals surface area contributed by atoms with Crippen LogP contribution in [0.25, 0.3) is 6.08 Å². The van der Waals surface area contributed by atoms with Crippen LogP contribution in [0, 0.1) is 0 Å². The number of carbonyl (C=O) groups is 2. The summed E-state index contributed by atoms with van der Waals surface area (Å²) in [5.41, 5.74) is 1.73. The third kappa shape index (κ3) is 5.45. The number of carbonyl (C=O) groups excluding carboxylic acids is 2. The molecule has 0 unspecified atom stereocenters. The number of ketones is 1. The fourth-order valence-electron chi connectivity index (χ4n) is 3.12. The number of rotatable bonds is 8. The first-order valence-electron chi connectivity index (χ1n) is 10.0. The van der Waals surface area contributed by atoms with Crippen LogP contribution in [0.3, 0.4) is 0 Å². The van der Waals surface area contributed by atoms with Crippen molar-refractivity contribution in [2.24, 2.45) is 0 Å². The topological polar surface area (TPSA) is 83.1 Å². The van der Waals surface area contributed by atoms with Crippen molar-refractivity contribution in [1.82, 2.24) is 0 Å². The molecule has 33 heavy (non-hydrogen) atoms. The maximum Gasteiger partial charge on any atom is 0.262 e. The summed E-state index contributed by atoms with van der Waals surface area (Å²) < 4.78 is 21.5. The first-order valence-corrected chi connectivity index (χ1v) is 10.4. The molecule has 1 amide bonds. The van der Waals surface area contributed by atoms with Gasteiger partial charge in [0.15, 0.2) is 35.4 Å². The maximum atomic E-state index is 12.5. The number of benzene rings is 3. The lowest BCUT2D eigenvalue weighted by atomic mass is 10.1. The number of hydrogen-bond acceptors (Lipinski definition) is 6. The summed E-state index contributed by atoms with van der Waals surface area (Å²) in [5.74, 6) is 1.46. The number of nitrogens with one attached hydrogen (secondary N) is 1. The second-order valence-electron chi connectivity index (χ2n) is 6.99. The largest absolute Gasteiger partial charge is 0.493 e. The highest BCUT2D eigenvalue weighted by atomic mass is 35.5. The molecule has 0 aliphatic carbocycles. The molecule has 0 aromatic heterocycles. The highest BCUT2D eigenvalue weighted by molar-refractivity contribution is 6.33. The minimum Gasteiger partial charge on any atom is -0.493 e. The van der Waals surface area contributed by atoms with Crippen molar-refractivity contribution in [2.45, 2.75) is 0 Å². The highest BCUT2D eigenvalue weighted by Gasteiger charge is 2.15. The zero-order chi connectivity index (χ0) is 23.2. The second-order valence-corrected chi connectivity index (χ2v) is 7.40. The van der Waals surface area contributed by atoms with Crippen molar-refractivity contribution in [1.29, 1.82) is 0 Å². The summed E-state index contributed by atoms with van der Waals surface area (Å²) in [6, 6.07) is 17.1. The Bertz CT molecular complexity index is 1220. The number of allylic oxidation sites excluding steroid dienone is 1. The van der Waals surface area contributed by atoms with Crippen LogP contribution >= 0.6 is 11.6 Å². The Morgan fingerprint density at radius 1 is 1.03 bits per heavy atom. The smallest absolute Gasteiger partial charge is 0.262 e. The van der Waals surface area contributed by atoms with Crippen LogP contribution < -0.4 is 24.3 Å². The highest BCUT2D eigenvalue weighted by Crippen LogP contribution is 2.33. The van der Waals surface area contributed by atoms with Gasteiger partial charge in [0.2, 0.25) is 6.79 Å². The second kappa shape index (κ2) is 10.1. The summed E-state index contributed by atoms with van der Waals surface area (Å²) in [6.07, 6.45) is 3.13. The standard InChI is InChI=1S/C25H20ClNO6/c1-30-23-12-16(6-9-20(28)17-8-11-22-24(13-17)33-15-32-22)7-10-21(23)31-14-25(29)27-19-5-3-2-4-18(19)26/h2-13H,14-15H2,1H3,(H,27,29). The van der Waals surface area contributed by atoms with E-state index in [2.05, 4.69) is 5.32 Å². The molecule has 0 bridgehead atoms. The van der Waals surface area contributed by atoms with E-state index in [0.29, 0.717) is 39.3 Å². The number of hydrogen-bond donors (Lipinski definition) is 1. The van der Waals surface area contributed by atoms with Crippen molar-refractivity contribution in [2.75, 3.05) is 25.8 Å². The van der Waals surface area contributed by atoms with Gasteiger partial charge in [0.1, 0.15) is 0 Å². The van der Waals surface area contributed by atoms with Gasteiger partial charge in [-0.25, -0.2) is 0 Å². The summed E-state index contributed by atoms with van der Waals surface area (Å²) in [6.45, 7) is -0.0714. The van der Waals surface area contributed by atoms with Crippen molar-refractivity contribution >= 4 is 35.1 Å². The third-order valence-electron chi connectivity index (χ3n) is 4.78. The first-order chi connectivity index (χ1) is 16.0. The SMILES string of the molecule is COc1cc(C=CC(=O)c2ccc3c(c2)OCO3)ccc1OCC(=O)Nc1ccccc1Cl. The van der Waals surface area contributed by atoms with Crippen LogP contribution in [0.4, 0.5) is 5.69 Å². The van der Waals surface area contributed by atoms with Crippen molar-refractivity contribution < 1.29 is 28.5 Å². The lowest BCUT2D eigenvalue weighted by Crippen LogP contribution is -2.20. The van der Waals surface area contributed by atoms with E-state index in [4.69, 9.17) is 30.5 Å². The van der Waals surface area contributed by atoms with Crippen LogP contribution in [0.5, 0.6) is 23.0 Å². The molecule has 0 radical (unpaired) electrons. The Balaban J connectivity index is 1.38. The van der Waals surface area contributed by atoms with Gasteiger partial charge >= 0.3 is 0 Å². The Labute approximate surface area is 195 Å². The van der Waals surface area contributed by atoms with Gasteiger partial charge in [-0.3, -0.25) is 9.59 Å². The van der Waals surface area contributed by atoms with E-state index in [1.807, 2.05) is 0 Å². The molecule has 1 N–H and O–H groups in total. The fourth-order valence-corrected chi connectivity index (χ4v) is 3.30. The monoisotopic (exact) mass is 465 g/mol. The Morgan fingerprint density at radius 3 is 2.67 bits per heavy atom. The molecule has 0 fully saturated rings. The van der Waals surface area contributed by atoms with Gasteiger partial charge in [-0.15, -0.1) is 0 Å². The van der Waals surface area contributed by atoms with Crippen molar-refractivity contribution in [3.63, 3.8) is 0 Å². The third-order valence-corrected chi connectivity index (χ3v) is 5.11. The van der Waals surface area contributed by atoms with E-state index in [-0.39, 0.29) is 25.1 Å². The summed E-state index contributed by atoms with van der Waals surface area (Å²) in [7, 11) is 1.50. The van der Waals surface area contributed by atoms with Crippen molar-refractivity contribution in [3.8, 4) is 23.0 Å². The predicted octanol–water partition coefficient (Wildman–Crippen LogP) is 4.99. The maximum absolute atomic E-state index is 12.5. The molecule has 3 aromatic carbocycles. The van der Waals surface area contributed by atoms with Crippen LogP contribution in [-0.4, -0.2) is 32.2 Å². The summed E-state index contributed by atoms with van der Waals surface area (Å²) in [5, 5.41) is 3.13. The molecule has 4 rings (SSSR count). The molecule has 7 nitrogen and oxygen atoms in total. The number of amides is 1. The quantitative estimate of drug-likeness (QED) is 0.372. The molecular weight excluding hydrogens is 446 g/mol. The van der Waals surface area contributed by atoms with Gasteiger partial charge in [-0.1, -0.05) is 35.9 Å². The predicted molar refractivity (Wildman–Crippen MR) is 125 cm³/mol. The van der Waals surface area contributed by atoms with Gasteiger partial charge in [-0.2, -0.15) is 0 Å². The normalized spacial score (nSPS) is 11.9. The molecule has 1 heterocycles. The fraction of sp³-hybridized carbons (Fsp3) is 0.120. The molecule has 0 spiro atoms. The van der Waals surface area contributed by atoms with Gasteiger partial charge < -0.3 is 24.3 Å². The van der Waals surface area contributed by atoms with E-state index in [1.165, 1.54) is 13.2 Å². The number of para-hydroxylation sites is 1. The number of anilines is 1. The van der Waals surface area contributed by atoms with Crippen LogP contribution in [0.1, 0.15) is 15.9 Å². The van der Waals surface area contributed by atoms with Gasteiger partial charge in [0.05, 0.1) is 17.8 Å². The van der Waals surface area contributed by atoms with Gasteiger partial charge in [0, 0.05) is 5.56 Å². The lowest BCUT2D eigenvalue weighted by Gasteiger charge is -2.12. The molecular formula is C25H20ClNO6. The van der Waals surface area contributed by atoms with Crippen LogP contribution in [-0.2, 0) is 4.79 Å². The number of halogens is 1. The molecule has 0 saturated carbocycles.